The van der Waals surface area contributed by atoms with E-state index < -0.39 is 11.8 Å². The van der Waals surface area contributed by atoms with Crippen LogP contribution in [0.3, 0.4) is 0 Å². The maximum Gasteiger partial charge on any atom is 0.277 e. The summed E-state index contributed by atoms with van der Waals surface area (Å²) in [5.41, 5.74) is 0.410. The van der Waals surface area contributed by atoms with Crippen LogP contribution in [0.1, 0.15) is 16.2 Å². The van der Waals surface area contributed by atoms with Crippen molar-refractivity contribution in [3.8, 4) is 5.75 Å². The first-order valence-electron chi connectivity index (χ1n) is 7.83. The number of amides is 2. The fourth-order valence-corrected chi connectivity index (χ4v) is 2.78. The SMILES string of the molecule is O=C(CSc1nnc(COc2ccccc2Cl)o1)NC(=O)c1ccccc1. The van der Waals surface area contributed by atoms with Crippen LogP contribution in [0.4, 0.5) is 0 Å². The highest BCUT2D eigenvalue weighted by molar-refractivity contribution is 7.99. The number of hydrogen-bond acceptors (Lipinski definition) is 7. The van der Waals surface area contributed by atoms with E-state index in [1.165, 1.54) is 0 Å². The molecule has 0 spiro atoms. The van der Waals surface area contributed by atoms with Gasteiger partial charge in [-0.1, -0.05) is 53.7 Å². The number of ether oxygens (including phenoxy) is 1. The molecular formula is C18H14ClN3O4S. The lowest BCUT2D eigenvalue weighted by Gasteiger charge is -2.04. The van der Waals surface area contributed by atoms with E-state index in [2.05, 4.69) is 15.5 Å². The first kappa shape index (κ1) is 18.9. The van der Waals surface area contributed by atoms with Crippen LogP contribution in [-0.2, 0) is 11.4 Å². The van der Waals surface area contributed by atoms with Crippen LogP contribution in [0.2, 0.25) is 5.02 Å². The normalized spacial score (nSPS) is 10.4. The molecule has 138 valence electrons. The number of nitrogens with zero attached hydrogens (tertiary/aromatic N) is 2. The van der Waals surface area contributed by atoms with Crippen molar-refractivity contribution in [2.75, 3.05) is 5.75 Å². The zero-order valence-electron chi connectivity index (χ0n) is 13.9. The maximum atomic E-state index is 11.9. The summed E-state index contributed by atoms with van der Waals surface area (Å²) >= 11 is 7.02. The Morgan fingerprint density at radius 3 is 2.59 bits per heavy atom. The average molecular weight is 404 g/mol. The zero-order valence-corrected chi connectivity index (χ0v) is 15.5. The van der Waals surface area contributed by atoms with Gasteiger partial charge in [-0.25, -0.2) is 0 Å². The number of aromatic nitrogens is 2. The molecule has 0 radical (unpaired) electrons. The van der Waals surface area contributed by atoms with Crippen LogP contribution in [0, 0.1) is 0 Å². The fourth-order valence-electron chi connectivity index (χ4n) is 2.01. The van der Waals surface area contributed by atoms with Crippen LogP contribution >= 0.6 is 23.4 Å². The molecule has 1 heterocycles. The molecular weight excluding hydrogens is 390 g/mol. The van der Waals surface area contributed by atoms with Gasteiger partial charge in [-0.05, 0) is 24.3 Å². The molecule has 0 saturated heterocycles. The second-order valence-corrected chi connectivity index (χ2v) is 6.55. The molecule has 2 aromatic carbocycles. The van der Waals surface area contributed by atoms with E-state index in [0.29, 0.717) is 16.3 Å². The molecule has 0 aliphatic rings. The van der Waals surface area contributed by atoms with Crippen molar-refractivity contribution in [1.29, 1.82) is 0 Å². The fraction of sp³-hybridized carbons (Fsp3) is 0.111. The van der Waals surface area contributed by atoms with Crippen LogP contribution < -0.4 is 10.1 Å². The molecule has 7 nitrogen and oxygen atoms in total. The third-order valence-electron chi connectivity index (χ3n) is 3.25. The number of nitrogens with one attached hydrogen (secondary N) is 1. The lowest BCUT2D eigenvalue weighted by Crippen LogP contribution is -2.31. The number of thioether (sulfide) groups is 1. The molecule has 2 amide bonds. The first-order valence-corrected chi connectivity index (χ1v) is 9.20. The molecule has 0 aliphatic heterocycles. The Morgan fingerprint density at radius 1 is 1.07 bits per heavy atom. The number of carbonyl (C=O) groups excluding carboxylic acids is 2. The number of rotatable bonds is 7. The first-order chi connectivity index (χ1) is 13.1. The summed E-state index contributed by atoms with van der Waals surface area (Å²) in [6, 6.07) is 15.5. The van der Waals surface area contributed by atoms with E-state index >= 15 is 0 Å². The van der Waals surface area contributed by atoms with Crippen molar-refractivity contribution >= 4 is 35.2 Å². The Morgan fingerprint density at radius 2 is 1.81 bits per heavy atom. The minimum absolute atomic E-state index is 0.0361. The summed E-state index contributed by atoms with van der Waals surface area (Å²) in [5.74, 6) is -0.198. The molecule has 0 unspecified atom stereocenters. The van der Waals surface area contributed by atoms with Gasteiger partial charge in [-0.15, -0.1) is 10.2 Å². The smallest absolute Gasteiger partial charge is 0.277 e. The summed E-state index contributed by atoms with van der Waals surface area (Å²) in [5, 5.41) is 10.7. The molecule has 0 bridgehead atoms. The van der Waals surface area contributed by atoms with Gasteiger partial charge < -0.3 is 9.15 Å². The molecule has 3 rings (SSSR count). The molecule has 0 aliphatic carbocycles. The van der Waals surface area contributed by atoms with Crippen molar-refractivity contribution < 1.29 is 18.7 Å². The van der Waals surface area contributed by atoms with Crippen LogP contribution in [0.25, 0.3) is 0 Å². The summed E-state index contributed by atoms with van der Waals surface area (Å²) in [4.78, 5) is 23.8. The molecule has 1 aromatic heterocycles. The number of benzene rings is 2. The number of para-hydroxylation sites is 1. The van der Waals surface area contributed by atoms with Gasteiger partial charge in [0.05, 0.1) is 10.8 Å². The third-order valence-corrected chi connectivity index (χ3v) is 4.38. The minimum atomic E-state index is -0.458. The third kappa shape index (κ3) is 5.57. The highest BCUT2D eigenvalue weighted by Crippen LogP contribution is 2.24. The molecule has 0 atom stereocenters. The minimum Gasteiger partial charge on any atom is -0.482 e. The largest absolute Gasteiger partial charge is 0.482 e. The molecule has 9 heteroatoms. The van der Waals surface area contributed by atoms with Gasteiger partial charge in [0.2, 0.25) is 5.91 Å². The zero-order chi connectivity index (χ0) is 19.1. The standard InChI is InChI=1S/C18H14ClN3O4S/c19-13-8-4-5-9-14(13)25-10-16-21-22-18(26-16)27-11-15(23)20-17(24)12-6-2-1-3-7-12/h1-9H,10-11H2,(H,20,23,24). The van der Waals surface area contributed by atoms with E-state index in [-0.39, 0.29) is 23.5 Å². The van der Waals surface area contributed by atoms with E-state index in [4.69, 9.17) is 20.8 Å². The molecule has 27 heavy (non-hydrogen) atoms. The van der Waals surface area contributed by atoms with Crippen molar-refractivity contribution in [1.82, 2.24) is 15.5 Å². The van der Waals surface area contributed by atoms with Crippen LogP contribution in [0.15, 0.2) is 64.2 Å². The second kappa shape index (κ2) is 9.20. The van der Waals surface area contributed by atoms with E-state index in [1.54, 1.807) is 54.6 Å². The monoisotopic (exact) mass is 403 g/mol. The maximum absolute atomic E-state index is 11.9. The summed E-state index contributed by atoms with van der Waals surface area (Å²) < 4.78 is 10.9. The second-order valence-electron chi connectivity index (χ2n) is 5.21. The van der Waals surface area contributed by atoms with Crippen LogP contribution in [-0.4, -0.2) is 27.8 Å². The summed E-state index contributed by atoms with van der Waals surface area (Å²) in [7, 11) is 0. The predicted molar refractivity (Wildman–Crippen MR) is 99.7 cm³/mol. The van der Waals surface area contributed by atoms with Gasteiger partial charge in [0.15, 0.2) is 6.61 Å². The van der Waals surface area contributed by atoms with E-state index in [1.807, 2.05) is 0 Å². The average Bonchev–Trinajstić information content (AvgIpc) is 3.14. The van der Waals surface area contributed by atoms with Crippen molar-refractivity contribution in [3.63, 3.8) is 0 Å². The Kier molecular flexibility index (Phi) is 6.45. The number of carbonyl (C=O) groups is 2. The Labute approximate surface area is 164 Å². The Balaban J connectivity index is 1.46. The Bertz CT molecular complexity index is 933. The number of hydrogen-bond donors (Lipinski definition) is 1. The molecule has 0 fully saturated rings. The lowest BCUT2D eigenvalue weighted by atomic mass is 10.2. The number of halogens is 1. The van der Waals surface area contributed by atoms with Gasteiger partial charge in [-0.3, -0.25) is 14.9 Å². The number of imide groups is 1. The van der Waals surface area contributed by atoms with E-state index in [0.717, 1.165) is 11.8 Å². The van der Waals surface area contributed by atoms with Gasteiger partial charge in [0.25, 0.3) is 17.0 Å². The topological polar surface area (TPSA) is 94.3 Å². The van der Waals surface area contributed by atoms with Gasteiger partial charge in [0.1, 0.15) is 5.75 Å². The van der Waals surface area contributed by atoms with Crippen molar-refractivity contribution in [3.05, 3.63) is 71.1 Å². The van der Waals surface area contributed by atoms with Crippen molar-refractivity contribution in [2.24, 2.45) is 0 Å². The quantitative estimate of drug-likeness (QED) is 0.604. The Hall–Kier alpha value is -2.84. The van der Waals surface area contributed by atoms with Gasteiger partial charge in [-0.2, -0.15) is 0 Å². The highest BCUT2D eigenvalue weighted by Gasteiger charge is 2.13. The molecule has 0 saturated carbocycles. The highest BCUT2D eigenvalue weighted by atomic mass is 35.5. The van der Waals surface area contributed by atoms with E-state index in [9.17, 15) is 9.59 Å². The van der Waals surface area contributed by atoms with Crippen LogP contribution in [0.5, 0.6) is 5.75 Å². The predicted octanol–water partition coefficient (Wildman–Crippen LogP) is 3.35. The van der Waals surface area contributed by atoms with Crippen molar-refractivity contribution in [2.45, 2.75) is 11.8 Å². The lowest BCUT2D eigenvalue weighted by molar-refractivity contribution is -0.117. The summed E-state index contributed by atoms with van der Waals surface area (Å²) in [6.45, 7) is 0.0516. The summed E-state index contributed by atoms with van der Waals surface area (Å²) in [6.07, 6.45) is 0. The van der Waals surface area contributed by atoms with Gasteiger partial charge >= 0.3 is 0 Å². The van der Waals surface area contributed by atoms with Gasteiger partial charge in [0, 0.05) is 5.56 Å². The molecule has 1 N–H and O–H groups in total. The molecule has 3 aromatic rings.